The minimum Gasteiger partial charge on any atom is -0.497 e. The van der Waals surface area contributed by atoms with Crippen molar-refractivity contribution in [2.24, 2.45) is 20.5 Å². The summed E-state index contributed by atoms with van der Waals surface area (Å²) in [5.74, 6) is -3.11. The molecule has 69 heavy (non-hydrogen) atoms. The Bertz CT molecular complexity index is 2840. The van der Waals surface area contributed by atoms with Crippen LogP contribution in [0.5, 0.6) is 11.5 Å². The van der Waals surface area contributed by atoms with E-state index in [1.807, 2.05) is 0 Å². The first-order valence-electron chi connectivity index (χ1n) is 20.8. The van der Waals surface area contributed by atoms with Crippen LogP contribution in [-0.4, -0.2) is 67.4 Å². The standard InChI is InChI=1S/C48H45Cl5N8O8/c1-24(50)29-18-32(22-34(20-29)68-5)55-45(64)36-9-7-11-39(41(36)52)58-60-43(26(3)62)47(66)54-31-13-14-38(28(17-31)15-16-49)57-48(67)44(27(4)63)61-59-40-12-8-10-37(42(40)53)46(65)56-33-19-30(25(2)51)21-35(23-33)69-6/h7-14,17-25,43-44H,15-16H2,1-6H3,(H,54,66)(H,55,64)(H,56,65)(H,57,67). The summed E-state index contributed by atoms with van der Waals surface area (Å²) in [6, 6.07) is 20.1. The Hall–Kier alpha value is -6.43. The number of benzene rings is 5. The number of ether oxygens (including phenoxy) is 2. The number of alkyl halides is 3. The maximum absolute atomic E-state index is 13.6. The number of anilines is 4. The monoisotopic (exact) mass is 1040 g/mol. The molecule has 4 atom stereocenters. The topological polar surface area (TPSA) is 218 Å². The van der Waals surface area contributed by atoms with Gasteiger partial charge in [0.15, 0.2) is 11.6 Å². The molecule has 5 aromatic carbocycles. The first kappa shape index (κ1) is 53.5. The zero-order chi connectivity index (χ0) is 50.5. The fourth-order valence-electron chi connectivity index (χ4n) is 6.42. The Morgan fingerprint density at radius 2 is 1.03 bits per heavy atom. The number of amides is 4. The molecule has 16 nitrogen and oxygen atoms in total. The predicted molar refractivity (Wildman–Crippen MR) is 269 cm³/mol. The fraction of sp³-hybridized carbons (Fsp3) is 0.250. The minimum atomic E-state index is -1.64. The number of nitrogens with one attached hydrogen (secondary N) is 4. The number of Topliss-reactive ketones (excluding diaryl/α,β-unsaturated/α-hetero) is 2. The molecule has 4 unspecified atom stereocenters. The van der Waals surface area contributed by atoms with E-state index in [4.69, 9.17) is 67.5 Å². The van der Waals surface area contributed by atoms with Crippen LogP contribution in [0, 0.1) is 0 Å². The van der Waals surface area contributed by atoms with Crippen LogP contribution in [0.1, 0.15) is 75.9 Å². The van der Waals surface area contributed by atoms with Gasteiger partial charge < -0.3 is 30.7 Å². The molecular weight excluding hydrogens is 994 g/mol. The first-order valence-corrected chi connectivity index (χ1v) is 23.0. The second-order valence-corrected chi connectivity index (χ2v) is 17.6. The SMILES string of the molecule is COc1cc(NC(=O)c2cccc(N=NC(C(C)=O)C(=O)Nc3ccc(NC(=O)C(N=Nc4cccc(C(=O)Nc5cc(OC)cc(C(C)Cl)c5)c4Cl)C(C)=O)c(CCCl)c3)c2Cl)cc(C(C)Cl)c1. The van der Waals surface area contributed by atoms with Crippen molar-refractivity contribution in [2.45, 2.75) is 57.0 Å². The van der Waals surface area contributed by atoms with E-state index in [1.165, 1.54) is 68.8 Å². The molecule has 0 aliphatic carbocycles. The molecule has 0 saturated heterocycles. The van der Waals surface area contributed by atoms with Crippen LogP contribution >= 0.6 is 58.0 Å². The Labute approximate surface area is 422 Å². The quantitative estimate of drug-likeness (QED) is 0.0333. The van der Waals surface area contributed by atoms with Gasteiger partial charge in [-0.2, -0.15) is 20.5 Å². The summed E-state index contributed by atoms with van der Waals surface area (Å²) in [6.45, 7) is 5.87. The van der Waals surface area contributed by atoms with Gasteiger partial charge in [0, 0.05) is 40.8 Å². The van der Waals surface area contributed by atoms with E-state index >= 15 is 0 Å². The zero-order valence-electron chi connectivity index (χ0n) is 37.8. The number of nitrogens with zero attached hydrogens (tertiary/aromatic N) is 4. The highest BCUT2D eigenvalue weighted by Gasteiger charge is 2.27. The summed E-state index contributed by atoms with van der Waals surface area (Å²) in [5, 5.41) is 26.0. The molecule has 0 radical (unpaired) electrons. The van der Waals surface area contributed by atoms with Gasteiger partial charge >= 0.3 is 0 Å². The average molecular weight is 1040 g/mol. The van der Waals surface area contributed by atoms with E-state index in [-0.39, 0.29) is 67.0 Å². The van der Waals surface area contributed by atoms with Gasteiger partial charge in [-0.15, -0.1) is 34.8 Å². The molecule has 0 aliphatic rings. The molecular formula is C48H45Cl5N8O8. The van der Waals surface area contributed by atoms with E-state index < -0.39 is 47.3 Å². The van der Waals surface area contributed by atoms with E-state index in [9.17, 15) is 28.8 Å². The summed E-state index contributed by atoms with van der Waals surface area (Å²) in [5.41, 5.74) is 3.23. The van der Waals surface area contributed by atoms with Gasteiger partial charge in [0.2, 0.25) is 12.1 Å². The molecule has 0 heterocycles. The Morgan fingerprint density at radius 1 is 0.580 bits per heavy atom. The van der Waals surface area contributed by atoms with E-state index in [1.54, 1.807) is 50.2 Å². The summed E-state index contributed by atoms with van der Waals surface area (Å²) in [6.07, 6.45) is 0.197. The second-order valence-electron chi connectivity index (χ2n) is 15.2. The van der Waals surface area contributed by atoms with E-state index in [0.717, 1.165) is 13.8 Å². The first-order chi connectivity index (χ1) is 32.8. The third-order valence-corrected chi connectivity index (χ3v) is 11.5. The van der Waals surface area contributed by atoms with Crippen LogP contribution in [0.3, 0.4) is 0 Å². The number of ketones is 2. The van der Waals surface area contributed by atoms with E-state index in [0.29, 0.717) is 39.6 Å². The second kappa shape index (κ2) is 24.7. The average Bonchev–Trinajstić information content (AvgIpc) is 3.30. The predicted octanol–water partition coefficient (Wildman–Crippen LogP) is 12.3. The van der Waals surface area contributed by atoms with Gasteiger partial charge in [-0.05, 0) is 118 Å². The molecule has 0 spiro atoms. The molecule has 4 N–H and O–H groups in total. The van der Waals surface area contributed by atoms with Crippen LogP contribution in [0.2, 0.25) is 10.0 Å². The molecule has 0 aliphatic heterocycles. The third kappa shape index (κ3) is 14.3. The highest BCUT2D eigenvalue weighted by atomic mass is 35.5. The van der Waals surface area contributed by atoms with E-state index in [2.05, 4.69) is 41.7 Å². The highest BCUT2D eigenvalue weighted by Crippen LogP contribution is 2.34. The third-order valence-electron chi connectivity index (χ3n) is 10.0. The molecule has 0 aromatic heterocycles. The number of aryl methyl sites for hydroxylation is 1. The number of carbonyl (C=O) groups is 6. The number of hydrogen-bond acceptors (Lipinski definition) is 12. The van der Waals surface area contributed by atoms with Crippen LogP contribution in [-0.2, 0) is 25.6 Å². The van der Waals surface area contributed by atoms with Gasteiger partial charge in [0.05, 0.1) is 46.1 Å². The van der Waals surface area contributed by atoms with Crippen LogP contribution in [0.25, 0.3) is 0 Å². The lowest BCUT2D eigenvalue weighted by Crippen LogP contribution is -2.32. The molecule has 0 fully saturated rings. The van der Waals surface area contributed by atoms with Crippen molar-refractivity contribution in [3.05, 3.63) is 129 Å². The van der Waals surface area contributed by atoms with Crippen molar-refractivity contribution in [3.8, 4) is 11.5 Å². The van der Waals surface area contributed by atoms with Gasteiger partial charge in [-0.25, -0.2) is 0 Å². The minimum absolute atomic E-state index is 0.0106. The van der Waals surface area contributed by atoms with Crippen molar-refractivity contribution >= 4 is 127 Å². The van der Waals surface area contributed by atoms with Gasteiger partial charge in [-0.1, -0.05) is 35.3 Å². The number of halogens is 5. The van der Waals surface area contributed by atoms with Crippen LogP contribution in [0.4, 0.5) is 34.1 Å². The summed E-state index contributed by atoms with van der Waals surface area (Å²) in [7, 11) is 2.97. The van der Waals surface area contributed by atoms with Crippen LogP contribution in [0.15, 0.2) is 111 Å². The Balaban J connectivity index is 1.28. The van der Waals surface area contributed by atoms with Crippen molar-refractivity contribution in [3.63, 3.8) is 0 Å². The summed E-state index contributed by atoms with van der Waals surface area (Å²) in [4.78, 5) is 79.1. The van der Waals surface area contributed by atoms with Crippen LogP contribution < -0.4 is 30.7 Å². The lowest BCUT2D eigenvalue weighted by Gasteiger charge is -2.16. The molecule has 4 amide bonds. The fourth-order valence-corrected chi connectivity index (χ4v) is 7.37. The normalized spacial score (nSPS) is 13.0. The molecule has 5 rings (SSSR count). The Morgan fingerprint density at radius 3 is 1.43 bits per heavy atom. The van der Waals surface area contributed by atoms with Crippen molar-refractivity contribution in [1.82, 2.24) is 0 Å². The number of methoxy groups -OCH3 is 2. The van der Waals surface area contributed by atoms with Crippen molar-refractivity contribution in [2.75, 3.05) is 41.4 Å². The summed E-state index contributed by atoms with van der Waals surface area (Å²) >= 11 is 31.8. The maximum atomic E-state index is 13.6. The number of carbonyl (C=O) groups excluding carboxylic acids is 6. The zero-order valence-corrected chi connectivity index (χ0v) is 41.6. The highest BCUT2D eigenvalue weighted by molar-refractivity contribution is 6.37. The van der Waals surface area contributed by atoms with Gasteiger partial charge in [-0.3, -0.25) is 28.8 Å². The number of azo groups is 2. The van der Waals surface area contributed by atoms with Gasteiger partial charge in [0.25, 0.3) is 23.6 Å². The smallest absolute Gasteiger partial charge is 0.258 e. The largest absolute Gasteiger partial charge is 0.497 e. The lowest BCUT2D eigenvalue weighted by atomic mass is 10.1. The van der Waals surface area contributed by atoms with Crippen molar-refractivity contribution in [1.29, 1.82) is 0 Å². The molecule has 0 bridgehead atoms. The molecule has 5 aromatic rings. The number of hydrogen-bond donors (Lipinski definition) is 4. The lowest BCUT2D eigenvalue weighted by molar-refractivity contribution is -0.127. The number of rotatable bonds is 20. The molecule has 0 saturated carbocycles. The summed E-state index contributed by atoms with van der Waals surface area (Å²) < 4.78 is 10.7. The molecule has 360 valence electrons. The maximum Gasteiger partial charge on any atom is 0.258 e. The van der Waals surface area contributed by atoms with Gasteiger partial charge in [0.1, 0.15) is 22.9 Å². The van der Waals surface area contributed by atoms with Crippen molar-refractivity contribution < 1.29 is 38.2 Å². The molecule has 21 heteroatoms. The Kier molecular flexibility index (Phi) is 19.2.